The van der Waals surface area contributed by atoms with Crippen LogP contribution in [0.15, 0.2) is 0 Å². The van der Waals surface area contributed by atoms with E-state index in [0.717, 1.165) is 5.92 Å². The molecule has 1 nitrogen and oxygen atoms in total. The first kappa shape index (κ1) is 5.10. The average Bonchev–Trinajstić information content (AvgIpc) is 1.65. The molecular formula is C6H12O. The minimum absolute atomic E-state index is 0.404. The molecule has 1 fully saturated rings. The number of rotatable bonds is 1. The maximum absolute atomic E-state index is 8.56. The molecular weight excluding hydrogens is 88.1 g/mol. The van der Waals surface area contributed by atoms with Crippen LogP contribution in [0.5, 0.6) is 0 Å². The van der Waals surface area contributed by atoms with Gasteiger partial charge in [-0.2, -0.15) is 0 Å². The lowest BCUT2D eigenvalue weighted by atomic mass is 9.76. The highest BCUT2D eigenvalue weighted by Gasteiger charge is 2.24. The molecule has 42 valence electrons. The van der Waals surface area contributed by atoms with Crippen molar-refractivity contribution in [3.8, 4) is 0 Å². The smallest absolute Gasteiger partial charge is 0.0461 e. The molecule has 1 N–H and O–H groups in total. The van der Waals surface area contributed by atoms with Gasteiger partial charge < -0.3 is 5.11 Å². The Balaban J connectivity index is 2.16. The number of aliphatic hydroxyl groups is 1. The maximum Gasteiger partial charge on any atom is 0.0461 e. The molecule has 7 heavy (non-hydrogen) atoms. The first-order chi connectivity index (χ1) is 3.34. The second-order valence-electron chi connectivity index (χ2n) is 2.50. The average molecular weight is 100 g/mol. The Bertz CT molecular complexity index is 59.2. The summed E-state index contributed by atoms with van der Waals surface area (Å²) in [6.07, 6.45) is 2.57. The molecule has 2 atom stereocenters. The Kier molecular flexibility index (Phi) is 1.33. The summed E-state index contributed by atoms with van der Waals surface area (Å²) in [5.74, 6) is 1.44. The highest BCUT2D eigenvalue weighted by molar-refractivity contribution is 4.75. The molecule has 1 rings (SSSR count). The van der Waals surface area contributed by atoms with Gasteiger partial charge >= 0.3 is 0 Å². The minimum atomic E-state index is 0.404. The van der Waals surface area contributed by atoms with Crippen LogP contribution >= 0.6 is 0 Å². The van der Waals surface area contributed by atoms with E-state index in [1.54, 1.807) is 0 Å². The molecule has 0 saturated heterocycles. The van der Waals surface area contributed by atoms with Gasteiger partial charge in [-0.1, -0.05) is 13.3 Å². The van der Waals surface area contributed by atoms with Gasteiger partial charge in [-0.25, -0.2) is 0 Å². The lowest BCUT2D eigenvalue weighted by Crippen LogP contribution is -2.25. The van der Waals surface area contributed by atoms with Crippen molar-refractivity contribution in [3.63, 3.8) is 0 Å². The quantitative estimate of drug-likeness (QED) is 0.521. The van der Waals surface area contributed by atoms with Gasteiger partial charge in [0, 0.05) is 6.61 Å². The fourth-order valence-electron chi connectivity index (χ4n) is 1.01. The molecule has 1 aliphatic rings. The zero-order valence-electron chi connectivity index (χ0n) is 4.72. The van der Waals surface area contributed by atoms with E-state index in [0.29, 0.717) is 12.5 Å². The van der Waals surface area contributed by atoms with E-state index in [1.165, 1.54) is 12.8 Å². The Hall–Kier alpha value is -0.0400. The first-order valence-corrected chi connectivity index (χ1v) is 2.95. The molecule has 1 aliphatic carbocycles. The molecule has 0 radical (unpaired) electrons. The monoisotopic (exact) mass is 100 g/mol. The summed E-state index contributed by atoms with van der Waals surface area (Å²) in [6.45, 7) is 2.60. The van der Waals surface area contributed by atoms with E-state index in [1.807, 2.05) is 0 Å². The summed E-state index contributed by atoms with van der Waals surface area (Å²) in [6, 6.07) is 0. The van der Waals surface area contributed by atoms with E-state index in [4.69, 9.17) is 5.11 Å². The Morgan fingerprint density at radius 1 is 1.57 bits per heavy atom. The van der Waals surface area contributed by atoms with Crippen LogP contribution < -0.4 is 0 Å². The topological polar surface area (TPSA) is 20.2 Å². The van der Waals surface area contributed by atoms with Gasteiger partial charge in [0.25, 0.3) is 0 Å². The van der Waals surface area contributed by atoms with E-state index in [9.17, 15) is 0 Å². The predicted octanol–water partition coefficient (Wildman–Crippen LogP) is 1.02. The standard InChI is InChI=1S/C6H12O/c1-5-2-3-6(5)4-7/h5-7H,2-4H2,1H3/t5-,6+/m0/s1. The summed E-state index contributed by atoms with van der Waals surface area (Å²) in [5, 5.41) is 8.56. The van der Waals surface area contributed by atoms with Crippen LogP contribution in [-0.2, 0) is 0 Å². The molecule has 1 saturated carbocycles. The SMILES string of the molecule is C[C@H]1CC[C@@H]1CO. The van der Waals surface area contributed by atoms with Crippen molar-refractivity contribution in [2.45, 2.75) is 19.8 Å². The lowest BCUT2D eigenvalue weighted by molar-refractivity contribution is 0.103. The molecule has 0 aromatic carbocycles. The second-order valence-corrected chi connectivity index (χ2v) is 2.50. The third-order valence-electron chi connectivity index (χ3n) is 2.03. The summed E-state index contributed by atoms with van der Waals surface area (Å²) in [4.78, 5) is 0. The molecule has 0 aliphatic heterocycles. The number of aliphatic hydroxyl groups excluding tert-OH is 1. The van der Waals surface area contributed by atoms with Crippen molar-refractivity contribution in [1.29, 1.82) is 0 Å². The first-order valence-electron chi connectivity index (χ1n) is 2.95. The summed E-state index contributed by atoms with van der Waals surface area (Å²) in [5.41, 5.74) is 0. The van der Waals surface area contributed by atoms with Crippen LogP contribution in [-0.4, -0.2) is 11.7 Å². The number of hydrogen-bond donors (Lipinski definition) is 1. The fraction of sp³-hybridized carbons (Fsp3) is 1.00. The Morgan fingerprint density at radius 3 is 2.29 bits per heavy atom. The van der Waals surface area contributed by atoms with Crippen LogP contribution in [0.4, 0.5) is 0 Å². The van der Waals surface area contributed by atoms with Gasteiger partial charge in [0.2, 0.25) is 0 Å². The van der Waals surface area contributed by atoms with Gasteiger partial charge in [-0.3, -0.25) is 0 Å². The minimum Gasteiger partial charge on any atom is -0.396 e. The number of hydrogen-bond acceptors (Lipinski definition) is 1. The maximum atomic E-state index is 8.56. The Labute approximate surface area is 44.4 Å². The zero-order chi connectivity index (χ0) is 5.28. The molecule has 0 aromatic heterocycles. The highest BCUT2D eigenvalue weighted by Crippen LogP contribution is 2.32. The highest BCUT2D eigenvalue weighted by atomic mass is 16.3. The van der Waals surface area contributed by atoms with Crippen molar-refractivity contribution in [2.75, 3.05) is 6.61 Å². The van der Waals surface area contributed by atoms with Crippen molar-refractivity contribution in [2.24, 2.45) is 11.8 Å². The van der Waals surface area contributed by atoms with Crippen LogP contribution in [0, 0.1) is 11.8 Å². The largest absolute Gasteiger partial charge is 0.396 e. The summed E-state index contributed by atoms with van der Waals surface area (Å²) >= 11 is 0. The van der Waals surface area contributed by atoms with Crippen LogP contribution in [0.1, 0.15) is 19.8 Å². The van der Waals surface area contributed by atoms with Crippen molar-refractivity contribution >= 4 is 0 Å². The van der Waals surface area contributed by atoms with Crippen LogP contribution in [0.25, 0.3) is 0 Å². The summed E-state index contributed by atoms with van der Waals surface area (Å²) in [7, 11) is 0. The molecule has 1 heteroatoms. The molecule has 0 heterocycles. The molecule has 0 spiro atoms. The summed E-state index contributed by atoms with van der Waals surface area (Å²) < 4.78 is 0. The van der Waals surface area contributed by atoms with E-state index >= 15 is 0 Å². The molecule has 0 aromatic rings. The van der Waals surface area contributed by atoms with E-state index < -0.39 is 0 Å². The van der Waals surface area contributed by atoms with E-state index in [-0.39, 0.29) is 0 Å². The van der Waals surface area contributed by atoms with Gasteiger partial charge in [-0.05, 0) is 18.3 Å². The van der Waals surface area contributed by atoms with Crippen molar-refractivity contribution < 1.29 is 5.11 Å². The third kappa shape index (κ3) is 0.778. The zero-order valence-corrected chi connectivity index (χ0v) is 4.72. The van der Waals surface area contributed by atoms with E-state index in [2.05, 4.69) is 6.92 Å². The van der Waals surface area contributed by atoms with Gasteiger partial charge in [0.1, 0.15) is 0 Å². The van der Waals surface area contributed by atoms with Crippen molar-refractivity contribution in [1.82, 2.24) is 0 Å². The fourth-order valence-corrected chi connectivity index (χ4v) is 1.01. The van der Waals surface area contributed by atoms with Gasteiger partial charge in [0.15, 0.2) is 0 Å². The van der Waals surface area contributed by atoms with Crippen LogP contribution in [0.3, 0.4) is 0 Å². The third-order valence-corrected chi connectivity index (χ3v) is 2.03. The van der Waals surface area contributed by atoms with Gasteiger partial charge in [-0.15, -0.1) is 0 Å². The normalized spacial score (nSPS) is 40.3. The second kappa shape index (κ2) is 1.83. The molecule has 0 unspecified atom stereocenters. The lowest BCUT2D eigenvalue weighted by Gasteiger charge is -2.31. The van der Waals surface area contributed by atoms with Crippen LogP contribution in [0.2, 0.25) is 0 Å². The molecule has 0 amide bonds. The molecule has 0 bridgehead atoms. The van der Waals surface area contributed by atoms with Crippen molar-refractivity contribution in [3.05, 3.63) is 0 Å². The predicted molar refractivity (Wildman–Crippen MR) is 29.0 cm³/mol. The Morgan fingerprint density at radius 2 is 2.29 bits per heavy atom. The van der Waals surface area contributed by atoms with Gasteiger partial charge in [0.05, 0.1) is 0 Å².